The molecule has 0 fully saturated rings. The molecular weight excluding hydrogens is 328 g/mol. The van der Waals surface area contributed by atoms with Gasteiger partial charge in [0.1, 0.15) is 17.9 Å². The largest absolute Gasteiger partial charge is 0.491 e. The molecule has 0 amide bonds. The zero-order valence-electron chi connectivity index (χ0n) is 15.9. The van der Waals surface area contributed by atoms with E-state index in [-0.39, 0.29) is 11.8 Å². The molecule has 26 heavy (non-hydrogen) atoms. The van der Waals surface area contributed by atoms with Crippen molar-refractivity contribution >= 4 is 17.2 Å². The number of benzene rings is 1. The molecule has 7 nitrogen and oxygen atoms in total. The maximum Gasteiger partial charge on any atom is 0.132 e. The van der Waals surface area contributed by atoms with Crippen molar-refractivity contribution < 1.29 is 4.74 Å². The Morgan fingerprint density at radius 2 is 2.08 bits per heavy atom. The Bertz CT molecular complexity index is 747. The molecule has 4 N–H and O–H groups in total. The lowest BCUT2D eigenvalue weighted by atomic mass is 10.0. The Morgan fingerprint density at radius 1 is 1.31 bits per heavy atom. The van der Waals surface area contributed by atoms with Crippen LogP contribution in [0.2, 0.25) is 0 Å². The molecule has 0 aliphatic rings. The summed E-state index contributed by atoms with van der Waals surface area (Å²) < 4.78 is 5.72. The lowest BCUT2D eigenvalue weighted by Gasteiger charge is -2.22. The maximum absolute atomic E-state index is 8.57. The first-order chi connectivity index (χ1) is 12.5. The van der Waals surface area contributed by atoms with Gasteiger partial charge >= 0.3 is 0 Å². The van der Waals surface area contributed by atoms with Gasteiger partial charge in [0.2, 0.25) is 0 Å². The van der Waals surface area contributed by atoms with Crippen LogP contribution in [0.4, 0.5) is 11.5 Å². The average molecular weight is 356 g/mol. The van der Waals surface area contributed by atoms with Crippen molar-refractivity contribution in [3.8, 4) is 5.75 Å². The predicted octanol–water partition coefficient (Wildman–Crippen LogP) is 2.31. The molecule has 0 bridgehead atoms. The number of nitrogens with zero attached hydrogens (tertiary/aromatic N) is 3. The van der Waals surface area contributed by atoms with Crippen molar-refractivity contribution in [2.75, 3.05) is 37.3 Å². The van der Waals surface area contributed by atoms with Crippen LogP contribution in [0.3, 0.4) is 0 Å². The third-order valence-electron chi connectivity index (χ3n) is 3.91. The minimum atomic E-state index is 0.0524. The quantitative estimate of drug-likeness (QED) is 0.471. The second-order valence-electron chi connectivity index (χ2n) is 6.24. The van der Waals surface area contributed by atoms with E-state index in [0.717, 1.165) is 25.5 Å². The predicted molar refractivity (Wildman–Crippen MR) is 106 cm³/mol. The van der Waals surface area contributed by atoms with E-state index < -0.39 is 0 Å². The monoisotopic (exact) mass is 356 g/mol. The van der Waals surface area contributed by atoms with E-state index >= 15 is 0 Å². The fourth-order valence-corrected chi connectivity index (χ4v) is 2.57. The molecule has 0 spiro atoms. The van der Waals surface area contributed by atoms with Gasteiger partial charge in [-0.25, -0.2) is 9.97 Å². The third kappa shape index (κ3) is 4.92. The Labute approximate surface area is 155 Å². The summed E-state index contributed by atoms with van der Waals surface area (Å²) in [5.74, 6) is 1.48. The molecule has 1 aromatic carbocycles. The van der Waals surface area contributed by atoms with Crippen molar-refractivity contribution in [3.05, 3.63) is 41.9 Å². The summed E-state index contributed by atoms with van der Waals surface area (Å²) in [4.78, 5) is 10.8. The van der Waals surface area contributed by atoms with Crippen molar-refractivity contribution in [2.24, 2.45) is 0 Å². The number of aromatic nitrogens is 2. The fraction of sp³-hybridized carbons (Fsp3) is 0.421. The second-order valence-corrected chi connectivity index (χ2v) is 6.24. The summed E-state index contributed by atoms with van der Waals surface area (Å²) in [5.41, 5.74) is 8.00. The Balaban J connectivity index is 2.31. The molecule has 0 atom stereocenters. The van der Waals surface area contributed by atoms with Crippen LogP contribution in [0.15, 0.2) is 30.6 Å². The number of nitrogens with two attached hydrogens (primary N) is 1. The Hall–Kier alpha value is -2.67. The van der Waals surface area contributed by atoms with Gasteiger partial charge in [-0.2, -0.15) is 0 Å². The van der Waals surface area contributed by atoms with E-state index in [0.29, 0.717) is 22.7 Å². The molecule has 0 saturated heterocycles. The standard InChI is InChI=1S/C19H28N6O/c1-5-25(9-8-22-4)18-11-17(23-12-24-18)19(21)15-10-14(26-13(2)3)6-7-16(15)20/h6-7,10-13,21-22H,5,8-9,20H2,1-4H3. The summed E-state index contributed by atoms with van der Waals surface area (Å²) in [7, 11) is 1.92. The Kier molecular flexibility index (Phi) is 6.91. The maximum atomic E-state index is 8.57. The summed E-state index contributed by atoms with van der Waals surface area (Å²) in [6.45, 7) is 8.51. The van der Waals surface area contributed by atoms with Crippen LogP contribution in [0, 0.1) is 5.41 Å². The van der Waals surface area contributed by atoms with Crippen molar-refractivity contribution in [3.63, 3.8) is 0 Å². The van der Waals surface area contributed by atoms with Gasteiger partial charge in [-0.1, -0.05) is 0 Å². The van der Waals surface area contributed by atoms with Gasteiger partial charge < -0.3 is 20.7 Å². The van der Waals surface area contributed by atoms with E-state index in [1.165, 1.54) is 6.33 Å². The lowest BCUT2D eigenvalue weighted by Crippen LogP contribution is -2.31. The highest BCUT2D eigenvalue weighted by Gasteiger charge is 2.14. The number of rotatable bonds is 9. The number of nitrogens with one attached hydrogen (secondary N) is 2. The number of likely N-dealkylation sites (N-methyl/N-ethyl adjacent to an activating group) is 2. The van der Waals surface area contributed by atoms with E-state index in [9.17, 15) is 0 Å². The molecular formula is C19H28N6O. The molecule has 0 unspecified atom stereocenters. The molecule has 2 rings (SSSR count). The second kappa shape index (κ2) is 9.15. The number of hydrogen-bond acceptors (Lipinski definition) is 7. The van der Waals surface area contributed by atoms with E-state index in [4.69, 9.17) is 15.9 Å². The summed E-state index contributed by atoms with van der Waals surface area (Å²) >= 11 is 0. The van der Waals surface area contributed by atoms with E-state index in [1.807, 2.05) is 33.0 Å². The van der Waals surface area contributed by atoms with Crippen molar-refractivity contribution in [1.82, 2.24) is 15.3 Å². The number of hydrogen-bond donors (Lipinski definition) is 3. The molecule has 140 valence electrons. The fourth-order valence-electron chi connectivity index (χ4n) is 2.57. The van der Waals surface area contributed by atoms with Crippen molar-refractivity contribution in [1.29, 1.82) is 5.41 Å². The van der Waals surface area contributed by atoms with Crippen LogP contribution in [0.25, 0.3) is 0 Å². The van der Waals surface area contributed by atoms with Crippen LogP contribution in [0.5, 0.6) is 5.75 Å². The molecule has 1 aromatic heterocycles. The summed E-state index contributed by atoms with van der Waals surface area (Å²) in [6, 6.07) is 7.19. The molecule has 1 heterocycles. The first kappa shape index (κ1) is 19.7. The van der Waals surface area contributed by atoms with Gasteiger partial charge in [0, 0.05) is 37.0 Å². The van der Waals surface area contributed by atoms with Crippen LogP contribution < -0.4 is 20.7 Å². The minimum absolute atomic E-state index is 0.0524. The number of anilines is 2. The topological polar surface area (TPSA) is 100 Å². The van der Waals surface area contributed by atoms with Gasteiger partial charge in [-0.3, -0.25) is 5.41 Å². The summed E-state index contributed by atoms with van der Waals surface area (Å²) in [5, 5.41) is 11.7. The third-order valence-corrected chi connectivity index (χ3v) is 3.91. The van der Waals surface area contributed by atoms with Crippen LogP contribution in [-0.2, 0) is 0 Å². The Morgan fingerprint density at radius 3 is 2.73 bits per heavy atom. The van der Waals surface area contributed by atoms with Crippen molar-refractivity contribution in [2.45, 2.75) is 26.9 Å². The number of ether oxygens (including phenoxy) is 1. The molecule has 7 heteroatoms. The van der Waals surface area contributed by atoms with Gasteiger partial charge in [-0.05, 0) is 46.0 Å². The highest BCUT2D eigenvalue weighted by Crippen LogP contribution is 2.23. The highest BCUT2D eigenvalue weighted by atomic mass is 16.5. The molecule has 0 aliphatic heterocycles. The first-order valence-corrected chi connectivity index (χ1v) is 8.83. The van der Waals surface area contributed by atoms with E-state index in [2.05, 4.69) is 27.1 Å². The first-order valence-electron chi connectivity index (χ1n) is 8.83. The minimum Gasteiger partial charge on any atom is -0.491 e. The SMILES string of the molecule is CCN(CCNC)c1cc(C(=N)c2cc(OC(C)C)ccc2N)ncn1. The summed E-state index contributed by atoms with van der Waals surface area (Å²) in [6.07, 6.45) is 1.54. The normalized spacial score (nSPS) is 10.8. The van der Waals surface area contributed by atoms with Crippen LogP contribution in [-0.4, -0.2) is 48.5 Å². The van der Waals surface area contributed by atoms with Crippen LogP contribution >= 0.6 is 0 Å². The molecule has 0 aliphatic carbocycles. The zero-order chi connectivity index (χ0) is 19.1. The van der Waals surface area contributed by atoms with Gasteiger partial charge in [0.05, 0.1) is 17.5 Å². The van der Waals surface area contributed by atoms with Gasteiger partial charge in [0.25, 0.3) is 0 Å². The molecule has 0 radical (unpaired) electrons. The van der Waals surface area contributed by atoms with E-state index in [1.54, 1.807) is 12.1 Å². The smallest absolute Gasteiger partial charge is 0.132 e. The lowest BCUT2D eigenvalue weighted by molar-refractivity contribution is 0.242. The molecule has 2 aromatic rings. The average Bonchev–Trinajstić information content (AvgIpc) is 2.63. The molecule has 0 saturated carbocycles. The number of nitrogen functional groups attached to an aromatic ring is 1. The van der Waals surface area contributed by atoms with Gasteiger partial charge in [-0.15, -0.1) is 0 Å². The zero-order valence-corrected chi connectivity index (χ0v) is 15.9. The van der Waals surface area contributed by atoms with Crippen LogP contribution in [0.1, 0.15) is 32.0 Å². The highest BCUT2D eigenvalue weighted by molar-refractivity contribution is 6.13. The van der Waals surface area contributed by atoms with Gasteiger partial charge in [0.15, 0.2) is 0 Å².